The van der Waals surface area contributed by atoms with Crippen molar-refractivity contribution in [1.82, 2.24) is 10.2 Å². The molecule has 1 saturated carbocycles. The molecule has 1 aromatic carbocycles. The third-order valence-electron chi connectivity index (χ3n) is 4.75. The molecule has 0 bridgehead atoms. The molecule has 0 unspecified atom stereocenters. The smallest absolute Gasteiger partial charge is 0.0206 e. The minimum Gasteiger partial charge on any atom is -0.311 e. The van der Waals surface area contributed by atoms with Gasteiger partial charge < -0.3 is 10.2 Å². The van der Waals surface area contributed by atoms with Crippen molar-refractivity contribution in [2.75, 3.05) is 20.1 Å². The van der Waals surface area contributed by atoms with E-state index in [-0.39, 0.29) is 0 Å². The van der Waals surface area contributed by atoms with Gasteiger partial charge >= 0.3 is 0 Å². The average Bonchev–Trinajstić information content (AvgIpc) is 2.44. The summed E-state index contributed by atoms with van der Waals surface area (Å²) >= 11 is 0. The van der Waals surface area contributed by atoms with E-state index in [1.165, 1.54) is 31.2 Å². The Bertz CT molecular complexity index is 376. The molecular weight excluding hydrogens is 244 g/mol. The third kappa shape index (κ3) is 4.92. The Morgan fingerprint density at radius 1 is 1.15 bits per heavy atom. The summed E-state index contributed by atoms with van der Waals surface area (Å²) in [5.41, 5.74) is 1.94. The van der Waals surface area contributed by atoms with Gasteiger partial charge in [0.05, 0.1) is 0 Å². The normalized spacial score (nSPS) is 19.4. The highest BCUT2D eigenvalue weighted by molar-refractivity contribution is 5.14. The number of hydrogen-bond acceptors (Lipinski definition) is 2. The van der Waals surface area contributed by atoms with Crippen molar-refractivity contribution >= 4 is 0 Å². The summed E-state index contributed by atoms with van der Waals surface area (Å²) < 4.78 is 0. The number of rotatable bonds is 6. The molecule has 0 aromatic heterocycles. The standard InChI is InChI=1S/C18H30N2/c1-18(2)11-9-17(10-12-18)20(3)14-13-19-15-16-7-5-4-6-8-16/h4-8,17,19H,9-15H2,1-3H3. The second-order valence-electron chi connectivity index (χ2n) is 7.04. The number of nitrogens with zero attached hydrogens (tertiary/aromatic N) is 1. The van der Waals surface area contributed by atoms with Crippen molar-refractivity contribution in [3.05, 3.63) is 35.9 Å². The molecule has 0 saturated heterocycles. The van der Waals surface area contributed by atoms with Crippen molar-refractivity contribution in [3.8, 4) is 0 Å². The molecule has 0 aliphatic heterocycles. The molecule has 20 heavy (non-hydrogen) atoms. The highest BCUT2D eigenvalue weighted by Gasteiger charge is 2.28. The fraction of sp³-hybridized carbons (Fsp3) is 0.667. The van der Waals surface area contributed by atoms with Crippen LogP contribution in [-0.4, -0.2) is 31.1 Å². The Kier molecular flexibility index (Phi) is 5.62. The minimum atomic E-state index is 0.572. The Balaban J connectivity index is 1.62. The van der Waals surface area contributed by atoms with Gasteiger partial charge in [0.2, 0.25) is 0 Å². The van der Waals surface area contributed by atoms with Crippen molar-refractivity contribution in [2.24, 2.45) is 5.41 Å². The number of hydrogen-bond donors (Lipinski definition) is 1. The zero-order valence-corrected chi connectivity index (χ0v) is 13.4. The largest absolute Gasteiger partial charge is 0.311 e. The first-order chi connectivity index (χ1) is 9.57. The van der Waals surface area contributed by atoms with Crippen LogP contribution in [0.4, 0.5) is 0 Å². The number of benzene rings is 1. The average molecular weight is 274 g/mol. The second-order valence-corrected chi connectivity index (χ2v) is 7.04. The van der Waals surface area contributed by atoms with Crippen LogP contribution in [0, 0.1) is 5.41 Å². The van der Waals surface area contributed by atoms with Crippen LogP contribution in [0.5, 0.6) is 0 Å². The molecule has 2 rings (SSSR count). The molecule has 0 spiro atoms. The highest BCUT2D eigenvalue weighted by Crippen LogP contribution is 2.36. The lowest BCUT2D eigenvalue weighted by molar-refractivity contribution is 0.128. The lowest BCUT2D eigenvalue weighted by Crippen LogP contribution is -2.40. The molecule has 1 aliphatic carbocycles. The first-order valence-corrected chi connectivity index (χ1v) is 8.02. The molecule has 112 valence electrons. The monoisotopic (exact) mass is 274 g/mol. The third-order valence-corrected chi connectivity index (χ3v) is 4.75. The maximum absolute atomic E-state index is 3.55. The lowest BCUT2D eigenvalue weighted by atomic mass is 9.75. The van der Waals surface area contributed by atoms with Crippen molar-refractivity contribution < 1.29 is 0 Å². The molecule has 2 nitrogen and oxygen atoms in total. The Morgan fingerprint density at radius 2 is 1.80 bits per heavy atom. The van der Waals surface area contributed by atoms with Gasteiger partial charge in [-0.25, -0.2) is 0 Å². The molecule has 0 amide bonds. The van der Waals surface area contributed by atoms with Gasteiger partial charge in [-0.15, -0.1) is 0 Å². The van der Waals surface area contributed by atoms with E-state index in [0.717, 1.165) is 25.7 Å². The molecule has 2 heteroatoms. The molecule has 0 radical (unpaired) electrons. The summed E-state index contributed by atoms with van der Waals surface area (Å²) in [5.74, 6) is 0. The first-order valence-electron chi connectivity index (χ1n) is 8.02. The second kappa shape index (κ2) is 7.24. The van der Waals surface area contributed by atoms with Crippen molar-refractivity contribution in [1.29, 1.82) is 0 Å². The predicted octanol–water partition coefficient (Wildman–Crippen LogP) is 3.68. The van der Waals surface area contributed by atoms with E-state index in [2.05, 4.69) is 61.4 Å². The molecule has 1 aromatic rings. The maximum atomic E-state index is 3.55. The molecule has 1 fully saturated rings. The maximum Gasteiger partial charge on any atom is 0.0206 e. The van der Waals surface area contributed by atoms with Gasteiger partial charge in [0.1, 0.15) is 0 Å². The van der Waals surface area contributed by atoms with Crippen LogP contribution in [0.15, 0.2) is 30.3 Å². The van der Waals surface area contributed by atoms with E-state index in [4.69, 9.17) is 0 Å². The lowest BCUT2D eigenvalue weighted by Gasteiger charge is -2.38. The summed E-state index contributed by atoms with van der Waals surface area (Å²) in [6.07, 6.45) is 5.48. The highest BCUT2D eigenvalue weighted by atomic mass is 15.1. The van der Waals surface area contributed by atoms with Gasteiger partial charge in [-0.1, -0.05) is 44.2 Å². The van der Waals surface area contributed by atoms with E-state index in [1.807, 2.05) is 0 Å². The van der Waals surface area contributed by atoms with Crippen LogP contribution in [0.2, 0.25) is 0 Å². The number of likely N-dealkylation sites (N-methyl/N-ethyl adjacent to an activating group) is 1. The SMILES string of the molecule is CN(CCNCc1ccccc1)C1CCC(C)(C)CC1. The molecule has 1 N–H and O–H groups in total. The quantitative estimate of drug-likeness (QED) is 0.796. The van der Waals surface area contributed by atoms with Gasteiger partial charge in [-0.05, 0) is 43.7 Å². The Labute approximate surface area is 124 Å². The Morgan fingerprint density at radius 3 is 2.45 bits per heavy atom. The van der Waals surface area contributed by atoms with Crippen LogP contribution in [0.25, 0.3) is 0 Å². The van der Waals surface area contributed by atoms with Crippen LogP contribution < -0.4 is 5.32 Å². The van der Waals surface area contributed by atoms with E-state index in [9.17, 15) is 0 Å². The molecule has 1 aliphatic rings. The van der Waals surface area contributed by atoms with Gasteiger partial charge in [0.25, 0.3) is 0 Å². The summed E-state index contributed by atoms with van der Waals surface area (Å²) in [6, 6.07) is 11.4. The zero-order chi connectivity index (χ0) is 14.4. The van der Waals surface area contributed by atoms with Crippen LogP contribution in [-0.2, 0) is 6.54 Å². The topological polar surface area (TPSA) is 15.3 Å². The van der Waals surface area contributed by atoms with E-state index in [1.54, 1.807) is 0 Å². The first kappa shape index (κ1) is 15.5. The summed E-state index contributed by atoms with van der Waals surface area (Å²) in [4.78, 5) is 2.55. The summed E-state index contributed by atoms with van der Waals surface area (Å²) in [6.45, 7) is 8.02. The predicted molar refractivity (Wildman–Crippen MR) is 86.8 cm³/mol. The summed E-state index contributed by atoms with van der Waals surface area (Å²) in [5, 5.41) is 3.55. The van der Waals surface area contributed by atoms with Gasteiger partial charge in [0.15, 0.2) is 0 Å². The van der Waals surface area contributed by atoms with Gasteiger partial charge in [0, 0.05) is 25.7 Å². The van der Waals surface area contributed by atoms with Crippen molar-refractivity contribution in [3.63, 3.8) is 0 Å². The van der Waals surface area contributed by atoms with Crippen molar-refractivity contribution in [2.45, 2.75) is 52.1 Å². The van der Waals surface area contributed by atoms with E-state index < -0.39 is 0 Å². The van der Waals surface area contributed by atoms with E-state index in [0.29, 0.717) is 5.41 Å². The molecular formula is C18H30N2. The zero-order valence-electron chi connectivity index (χ0n) is 13.4. The molecule has 0 atom stereocenters. The Hall–Kier alpha value is -0.860. The van der Waals surface area contributed by atoms with Crippen LogP contribution >= 0.6 is 0 Å². The fourth-order valence-electron chi connectivity index (χ4n) is 3.09. The van der Waals surface area contributed by atoms with Gasteiger partial charge in [-0.2, -0.15) is 0 Å². The molecule has 0 heterocycles. The van der Waals surface area contributed by atoms with Crippen LogP contribution in [0.3, 0.4) is 0 Å². The van der Waals surface area contributed by atoms with E-state index >= 15 is 0 Å². The number of nitrogens with one attached hydrogen (secondary N) is 1. The minimum absolute atomic E-state index is 0.572. The van der Waals surface area contributed by atoms with Gasteiger partial charge in [-0.3, -0.25) is 0 Å². The fourth-order valence-corrected chi connectivity index (χ4v) is 3.09. The summed E-state index contributed by atoms with van der Waals surface area (Å²) in [7, 11) is 2.28. The van der Waals surface area contributed by atoms with Crippen LogP contribution in [0.1, 0.15) is 45.1 Å².